The van der Waals surface area contributed by atoms with Crippen LogP contribution in [0.25, 0.3) is 0 Å². The molecule has 0 aliphatic heterocycles. The van der Waals surface area contributed by atoms with Crippen LogP contribution in [0.4, 0.5) is 0 Å². The highest BCUT2D eigenvalue weighted by atomic mass is 14.9. The van der Waals surface area contributed by atoms with E-state index in [0.29, 0.717) is 6.04 Å². The lowest BCUT2D eigenvalue weighted by Crippen LogP contribution is -2.19. The molecule has 90 valence electrons. The molecule has 0 aliphatic carbocycles. The van der Waals surface area contributed by atoms with Gasteiger partial charge in [0, 0.05) is 6.04 Å². The SMILES string of the molecule is CCC(C)CC(NC)c1ccc(C)cc1C. The van der Waals surface area contributed by atoms with E-state index in [0.717, 1.165) is 5.92 Å². The van der Waals surface area contributed by atoms with Crippen LogP contribution in [-0.2, 0) is 0 Å². The molecule has 0 saturated carbocycles. The zero-order valence-corrected chi connectivity index (χ0v) is 11.3. The van der Waals surface area contributed by atoms with Crippen LogP contribution in [0.3, 0.4) is 0 Å². The highest BCUT2D eigenvalue weighted by molar-refractivity contribution is 5.32. The predicted molar refractivity (Wildman–Crippen MR) is 71.8 cm³/mol. The summed E-state index contributed by atoms with van der Waals surface area (Å²) in [5, 5.41) is 3.44. The number of nitrogens with one attached hydrogen (secondary N) is 1. The molecule has 0 fully saturated rings. The summed E-state index contributed by atoms with van der Waals surface area (Å²) in [7, 11) is 2.06. The number of hydrogen-bond acceptors (Lipinski definition) is 1. The summed E-state index contributed by atoms with van der Waals surface area (Å²) in [4.78, 5) is 0. The number of benzene rings is 1. The number of rotatable bonds is 5. The lowest BCUT2D eigenvalue weighted by atomic mass is 9.91. The fourth-order valence-electron chi connectivity index (χ4n) is 2.19. The summed E-state index contributed by atoms with van der Waals surface area (Å²) in [5.41, 5.74) is 4.20. The Labute approximate surface area is 100 Å². The zero-order valence-electron chi connectivity index (χ0n) is 11.3. The van der Waals surface area contributed by atoms with Crippen molar-refractivity contribution < 1.29 is 0 Å². The van der Waals surface area contributed by atoms with Gasteiger partial charge in [-0.25, -0.2) is 0 Å². The summed E-state index contributed by atoms with van der Waals surface area (Å²) in [6.45, 7) is 8.95. The molecule has 1 heteroatoms. The Morgan fingerprint density at radius 2 is 1.94 bits per heavy atom. The van der Waals surface area contributed by atoms with E-state index in [4.69, 9.17) is 0 Å². The Morgan fingerprint density at radius 1 is 1.25 bits per heavy atom. The molecule has 1 nitrogen and oxygen atoms in total. The van der Waals surface area contributed by atoms with Crippen molar-refractivity contribution in [2.24, 2.45) is 5.92 Å². The van der Waals surface area contributed by atoms with Gasteiger partial charge in [-0.3, -0.25) is 0 Å². The van der Waals surface area contributed by atoms with Gasteiger partial charge in [0.25, 0.3) is 0 Å². The van der Waals surface area contributed by atoms with Gasteiger partial charge < -0.3 is 5.32 Å². The van der Waals surface area contributed by atoms with Gasteiger partial charge in [-0.05, 0) is 44.4 Å². The van der Waals surface area contributed by atoms with E-state index in [-0.39, 0.29) is 0 Å². The molecule has 0 bridgehead atoms. The lowest BCUT2D eigenvalue weighted by Gasteiger charge is -2.22. The van der Waals surface area contributed by atoms with Crippen LogP contribution in [0, 0.1) is 19.8 Å². The maximum absolute atomic E-state index is 3.44. The first-order valence-electron chi connectivity index (χ1n) is 6.32. The third kappa shape index (κ3) is 3.34. The first kappa shape index (κ1) is 13.2. The Kier molecular flexibility index (Phi) is 5.01. The van der Waals surface area contributed by atoms with Crippen molar-refractivity contribution in [3.05, 3.63) is 34.9 Å². The molecule has 0 amide bonds. The fraction of sp³-hybridized carbons (Fsp3) is 0.600. The second-order valence-electron chi connectivity index (χ2n) is 4.95. The Bertz CT molecular complexity index is 330. The molecular weight excluding hydrogens is 194 g/mol. The Hall–Kier alpha value is -0.820. The first-order chi connectivity index (χ1) is 7.58. The van der Waals surface area contributed by atoms with Crippen molar-refractivity contribution >= 4 is 0 Å². The minimum Gasteiger partial charge on any atom is -0.313 e. The van der Waals surface area contributed by atoms with Crippen LogP contribution in [0.1, 0.15) is 49.4 Å². The van der Waals surface area contributed by atoms with Crippen molar-refractivity contribution in [3.63, 3.8) is 0 Å². The smallest absolute Gasteiger partial charge is 0.0322 e. The number of aryl methyl sites for hydroxylation is 2. The van der Waals surface area contributed by atoms with E-state index < -0.39 is 0 Å². The maximum Gasteiger partial charge on any atom is 0.0322 e. The molecule has 1 rings (SSSR count). The quantitative estimate of drug-likeness (QED) is 0.789. The van der Waals surface area contributed by atoms with E-state index in [9.17, 15) is 0 Å². The topological polar surface area (TPSA) is 12.0 Å². The molecule has 0 saturated heterocycles. The average Bonchev–Trinajstić information content (AvgIpc) is 2.26. The standard InChI is InChI=1S/C15H25N/c1-6-11(2)10-15(16-5)14-8-7-12(3)9-13(14)4/h7-9,11,15-16H,6,10H2,1-5H3. The molecule has 16 heavy (non-hydrogen) atoms. The van der Waals surface area contributed by atoms with Crippen molar-refractivity contribution in [3.8, 4) is 0 Å². The fourth-order valence-corrected chi connectivity index (χ4v) is 2.19. The summed E-state index contributed by atoms with van der Waals surface area (Å²) < 4.78 is 0. The zero-order chi connectivity index (χ0) is 12.1. The minimum atomic E-state index is 0.496. The Morgan fingerprint density at radius 3 is 2.44 bits per heavy atom. The van der Waals surface area contributed by atoms with Gasteiger partial charge in [0.05, 0.1) is 0 Å². The molecule has 0 spiro atoms. The van der Waals surface area contributed by atoms with Crippen LogP contribution >= 0.6 is 0 Å². The van der Waals surface area contributed by atoms with Gasteiger partial charge in [0.1, 0.15) is 0 Å². The van der Waals surface area contributed by atoms with Crippen LogP contribution < -0.4 is 5.32 Å². The molecular formula is C15H25N. The third-order valence-electron chi connectivity index (χ3n) is 3.48. The summed E-state index contributed by atoms with van der Waals surface area (Å²) >= 11 is 0. The molecule has 1 aromatic rings. The van der Waals surface area contributed by atoms with Gasteiger partial charge in [-0.1, -0.05) is 44.0 Å². The van der Waals surface area contributed by atoms with Crippen molar-refractivity contribution in [1.29, 1.82) is 0 Å². The lowest BCUT2D eigenvalue weighted by molar-refractivity contribution is 0.421. The maximum atomic E-state index is 3.44. The second kappa shape index (κ2) is 6.05. The summed E-state index contributed by atoms with van der Waals surface area (Å²) in [6.07, 6.45) is 2.47. The van der Waals surface area contributed by atoms with Crippen molar-refractivity contribution in [1.82, 2.24) is 5.32 Å². The summed E-state index contributed by atoms with van der Waals surface area (Å²) in [6, 6.07) is 7.25. The molecule has 1 N–H and O–H groups in total. The molecule has 0 radical (unpaired) electrons. The first-order valence-corrected chi connectivity index (χ1v) is 6.32. The highest BCUT2D eigenvalue weighted by Crippen LogP contribution is 2.25. The van der Waals surface area contributed by atoms with Crippen LogP contribution in [-0.4, -0.2) is 7.05 Å². The predicted octanol–water partition coefficient (Wildman–Crippen LogP) is 4.00. The second-order valence-corrected chi connectivity index (χ2v) is 4.95. The molecule has 2 atom stereocenters. The van der Waals surface area contributed by atoms with Crippen molar-refractivity contribution in [2.75, 3.05) is 7.05 Å². The Balaban J connectivity index is 2.86. The molecule has 0 aromatic heterocycles. The normalized spacial score (nSPS) is 14.8. The molecule has 0 aliphatic rings. The van der Waals surface area contributed by atoms with E-state index in [2.05, 4.69) is 58.3 Å². The van der Waals surface area contributed by atoms with E-state index in [1.54, 1.807) is 0 Å². The van der Waals surface area contributed by atoms with Crippen LogP contribution in [0.15, 0.2) is 18.2 Å². The van der Waals surface area contributed by atoms with Gasteiger partial charge >= 0.3 is 0 Å². The van der Waals surface area contributed by atoms with Gasteiger partial charge in [-0.15, -0.1) is 0 Å². The largest absolute Gasteiger partial charge is 0.313 e. The van der Waals surface area contributed by atoms with Gasteiger partial charge in [-0.2, -0.15) is 0 Å². The number of hydrogen-bond donors (Lipinski definition) is 1. The third-order valence-corrected chi connectivity index (χ3v) is 3.48. The van der Waals surface area contributed by atoms with Gasteiger partial charge in [0.2, 0.25) is 0 Å². The van der Waals surface area contributed by atoms with Crippen molar-refractivity contribution in [2.45, 2.75) is 46.6 Å². The molecule has 1 aromatic carbocycles. The van der Waals surface area contributed by atoms with E-state index >= 15 is 0 Å². The van der Waals surface area contributed by atoms with Gasteiger partial charge in [0.15, 0.2) is 0 Å². The van der Waals surface area contributed by atoms with E-state index in [1.807, 2.05) is 0 Å². The molecule has 0 heterocycles. The van der Waals surface area contributed by atoms with Crippen LogP contribution in [0.2, 0.25) is 0 Å². The average molecular weight is 219 g/mol. The minimum absolute atomic E-state index is 0.496. The molecule has 2 unspecified atom stereocenters. The highest BCUT2D eigenvalue weighted by Gasteiger charge is 2.14. The monoisotopic (exact) mass is 219 g/mol. The van der Waals surface area contributed by atoms with E-state index in [1.165, 1.54) is 29.5 Å². The van der Waals surface area contributed by atoms with Crippen LogP contribution in [0.5, 0.6) is 0 Å². The summed E-state index contributed by atoms with van der Waals surface area (Å²) in [5.74, 6) is 0.776.